The Balaban J connectivity index is 2.85. The third-order valence-electron chi connectivity index (χ3n) is 1.67. The predicted molar refractivity (Wildman–Crippen MR) is 38.3 cm³/mol. The van der Waals surface area contributed by atoms with Crippen molar-refractivity contribution in [3.63, 3.8) is 0 Å². The molecule has 1 atom stereocenters. The summed E-state index contributed by atoms with van der Waals surface area (Å²) in [5.41, 5.74) is 0. The summed E-state index contributed by atoms with van der Waals surface area (Å²) < 4.78 is 22.8. The Bertz CT molecular complexity index is 148. The summed E-state index contributed by atoms with van der Waals surface area (Å²) in [6.07, 6.45) is -0.464. The van der Waals surface area contributed by atoms with E-state index < -0.39 is 21.6 Å². The molecule has 1 aliphatic carbocycles. The lowest BCUT2D eigenvalue weighted by atomic mass is 9.80. The first-order chi connectivity index (χ1) is 4.21. The molecule has 0 nitrogen and oxygen atoms in total. The van der Waals surface area contributed by atoms with E-state index in [0.29, 0.717) is 0 Å². The topological polar surface area (TPSA) is 0 Å². The molecule has 0 aromatic rings. The van der Waals surface area contributed by atoms with Gasteiger partial charge in [0.1, 0.15) is 0 Å². The molecule has 0 radical (unpaired) electrons. The van der Waals surface area contributed by atoms with Crippen molar-refractivity contribution < 1.29 is 8.78 Å². The Labute approximate surface area is 72.4 Å². The fraction of sp³-hybridized carbons (Fsp3) is 1.00. The number of halogens is 5. The highest BCUT2D eigenvalue weighted by Crippen LogP contribution is 2.63. The highest BCUT2D eigenvalue weighted by Gasteiger charge is 2.73. The highest BCUT2D eigenvalue weighted by atomic mass is 35.5. The van der Waals surface area contributed by atoms with Crippen molar-refractivity contribution in [1.29, 1.82) is 0 Å². The van der Waals surface area contributed by atoms with Gasteiger partial charge < -0.3 is 0 Å². The largest absolute Gasteiger partial charge is 0.284 e. The van der Waals surface area contributed by atoms with E-state index in [2.05, 4.69) is 0 Å². The van der Waals surface area contributed by atoms with Gasteiger partial charge in [0.05, 0.1) is 4.87 Å². The molecular formula is C5H5Cl3F2. The molecule has 1 rings (SSSR count). The first-order valence-corrected chi connectivity index (χ1v) is 3.79. The monoisotopic (exact) mass is 208 g/mol. The number of hydrogen-bond donors (Lipinski definition) is 0. The van der Waals surface area contributed by atoms with Gasteiger partial charge in [-0.2, -0.15) is 0 Å². The van der Waals surface area contributed by atoms with Crippen LogP contribution in [0, 0.1) is 0 Å². The molecular weight excluding hydrogens is 204 g/mol. The number of rotatable bonds is 0. The highest BCUT2D eigenvalue weighted by molar-refractivity contribution is 6.55. The standard InChI is InChI=1S/C5H5Cl3F2/c1-3(6)2-4(9,10)5(3,7)8/h2H2,1H3. The van der Waals surface area contributed by atoms with Crippen LogP contribution in [-0.2, 0) is 0 Å². The van der Waals surface area contributed by atoms with Crippen LogP contribution >= 0.6 is 34.8 Å². The van der Waals surface area contributed by atoms with E-state index in [1.165, 1.54) is 6.92 Å². The van der Waals surface area contributed by atoms with Crippen molar-refractivity contribution in [2.45, 2.75) is 28.5 Å². The Morgan fingerprint density at radius 3 is 1.60 bits per heavy atom. The summed E-state index contributed by atoms with van der Waals surface area (Å²) in [6.45, 7) is 1.39. The summed E-state index contributed by atoms with van der Waals surface area (Å²) >= 11 is 16.1. The van der Waals surface area contributed by atoms with E-state index in [0.717, 1.165) is 0 Å². The lowest BCUT2D eigenvalue weighted by Gasteiger charge is -2.51. The van der Waals surface area contributed by atoms with Crippen LogP contribution in [-0.4, -0.2) is 15.1 Å². The van der Waals surface area contributed by atoms with Gasteiger partial charge in [-0.1, -0.05) is 23.2 Å². The van der Waals surface area contributed by atoms with Gasteiger partial charge in [-0.3, -0.25) is 0 Å². The summed E-state index contributed by atoms with van der Waals surface area (Å²) in [5, 5.41) is 0. The Kier molecular flexibility index (Phi) is 1.68. The van der Waals surface area contributed by atoms with Crippen molar-refractivity contribution in [1.82, 2.24) is 0 Å². The van der Waals surface area contributed by atoms with Crippen LogP contribution in [0.25, 0.3) is 0 Å². The maximum atomic E-state index is 12.5. The zero-order valence-corrected chi connectivity index (χ0v) is 7.36. The van der Waals surface area contributed by atoms with Gasteiger partial charge in [-0.25, -0.2) is 8.78 Å². The van der Waals surface area contributed by atoms with Crippen molar-refractivity contribution in [3.8, 4) is 0 Å². The fourth-order valence-electron chi connectivity index (χ4n) is 0.914. The maximum Gasteiger partial charge on any atom is 0.284 e. The van der Waals surface area contributed by atoms with Gasteiger partial charge in [0.2, 0.25) is 0 Å². The molecule has 0 aromatic carbocycles. The fourth-order valence-corrected chi connectivity index (χ4v) is 1.49. The molecule has 0 spiro atoms. The molecule has 1 unspecified atom stereocenters. The normalized spacial score (nSPS) is 42.6. The summed E-state index contributed by atoms with van der Waals surface area (Å²) in [6, 6.07) is 0. The van der Waals surface area contributed by atoms with Crippen LogP contribution in [0.5, 0.6) is 0 Å². The van der Waals surface area contributed by atoms with Gasteiger partial charge in [-0.15, -0.1) is 11.6 Å². The molecule has 10 heavy (non-hydrogen) atoms. The summed E-state index contributed by atoms with van der Waals surface area (Å²) in [5.74, 6) is -3.05. The molecule has 0 N–H and O–H groups in total. The third kappa shape index (κ3) is 0.853. The molecule has 1 aliphatic rings. The molecule has 5 heteroatoms. The predicted octanol–water partition coefficient (Wildman–Crippen LogP) is 3.20. The van der Waals surface area contributed by atoms with E-state index in [1.807, 2.05) is 0 Å². The molecule has 0 saturated heterocycles. The van der Waals surface area contributed by atoms with Crippen LogP contribution in [0.1, 0.15) is 13.3 Å². The maximum absolute atomic E-state index is 12.5. The van der Waals surface area contributed by atoms with Gasteiger partial charge in [0.25, 0.3) is 5.92 Å². The molecule has 1 saturated carbocycles. The second-order valence-electron chi connectivity index (χ2n) is 2.65. The van der Waals surface area contributed by atoms with Crippen molar-refractivity contribution in [2.24, 2.45) is 0 Å². The Hall–Kier alpha value is 0.730. The first-order valence-electron chi connectivity index (χ1n) is 2.65. The quantitative estimate of drug-likeness (QED) is 0.538. The lowest BCUT2D eigenvalue weighted by Crippen LogP contribution is -2.65. The number of alkyl halides is 5. The second-order valence-corrected chi connectivity index (χ2v) is 4.81. The van der Waals surface area contributed by atoms with E-state index in [4.69, 9.17) is 34.8 Å². The average molecular weight is 209 g/mol. The van der Waals surface area contributed by atoms with E-state index in [-0.39, 0.29) is 0 Å². The third-order valence-corrected chi connectivity index (χ3v) is 3.67. The Morgan fingerprint density at radius 2 is 1.60 bits per heavy atom. The van der Waals surface area contributed by atoms with Gasteiger partial charge in [0, 0.05) is 6.42 Å². The van der Waals surface area contributed by atoms with Gasteiger partial charge in [-0.05, 0) is 6.92 Å². The van der Waals surface area contributed by atoms with E-state index in [1.54, 1.807) is 0 Å². The summed E-state index contributed by atoms with van der Waals surface area (Å²) in [4.78, 5) is -1.19. The van der Waals surface area contributed by atoms with Crippen LogP contribution < -0.4 is 0 Å². The summed E-state index contributed by atoms with van der Waals surface area (Å²) in [7, 11) is 0. The van der Waals surface area contributed by atoms with Crippen molar-refractivity contribution in [3.05, 3.63) is 0 Å². The zero-order valence-electron chi connectivity index (χ0n) is 5.10. The average Bonchev–Trinajstić information content (AvgIpc) is 1.61. The smallest absolute Gasteiger partial charge is 0.203 e. The van der Waals surface area contributed by atoms with E-state index in [9.17, 15) is 8.78 Å². The lowest BCUT2D eigenvalue weighted by molar-refractivity contribution is -0.105. The van der Waals surface area contributed by atoms with Gasteiger partial charge in [0.15, 0.2) is 4.33 Å². The molecule has 0 aromatic heterocycles. The molecule has 0 heterocycles. The SMILES string of the molecule is CC1(Cl)CC(F)(F)C1(Cl)Cl. The molecule has 1 fully saturated rings. The van der Waals surface area contributed by atoms with Crippen LogP contribution in [0.15, 0.2) is 0 Å². The minimum Gasteiger partial charge on any atom is -0.203 e. The minimum atomic E-state index is -3.05. The molecule has 0 bridgehead atoms. The van der Waals surface area contributed by atoms with Crippen molar-refractivity contribution in [2.75, 3.05) is 0 Å². The zero-order chi connectivity index (χ0) is 8.21. The van der Waals surface area contributed by atoms with Gasteiger partial charge >= 0.3 is 0 Å². The van der Waals surface area contributed by atoms with Crippen LogP contribution in [0.3, 0.4) is 0 Å². The number of hydrogen-bond acceptors (Lipinski definition) is 0. The van der Waals surface area contributed by atoms with Crippen LogP contribution in [0.2, 0.25) is 0 Å². The van der Waals surface area contributed by atoms with E-state index >= 15 is 0 Å². The first kappa shape index (κ1) is 8.82. The van der Waals surface area contributed by atoms with Crippen LogP contribution in [0.4, 0.5) is 8.78 Å². The second kappa shape index (κ2) is 1.90. The van der Waals surface area contributed by atoms with Crippen molar-refractivity contribution >= 4 is 34.8 Å². The molecule has 60 valence electrons. The molecule has 0 amide bonds. The molecule has 0 aliphatic heterocycles. The minimum absolute atomic E-state index is 0.464. The Morgan fingerprint density at radius 1 is 1.20 bits per heavy atom.